The lowest BCUT2D eigenvalue weighted by molar-refractivity contribution is 1.11. The summed E-state index contributed by atoms with van der Waals surface area (Å²) >= 11 is 0. The molecule has 0 aliphatic rings. The third-order valence-electron chi connectivity index (χ3n) is 1.46. The summed E-state index contributed by atoms with van der Waals surface area (Å²) < 4.78 is 0. The fourth-order valence-electron chi connectivity index (χ4n) is 0.995. The van der Waals surface area contributed by atoms with Gasteiger partial charge in [0.1, 0.15) is 0 Å². The minimum Gasteiger partial charge on any atom is -0.361 e. The number of aromatic amines is 1. The maximum Gasteiger partial charge on any atom is 0.0814 e. The molecule has 2 rings (SSSR count). The SMILES string of the molecule is B.F.c1ccc2[nH]ccc2c1. The van der Waals surface area contributed by atoms with Gasteiger partial charge in [-0.05, 0) is 17.5 Å². The Kier molecular flexibility index (Phi) is 3.38. The van der Waals surface area contributed by atoms with Crippen molar-refractivity contribution in [3.63, 3.8) is 0 Å². The Hall–Kier alpha value is -1.25. The van der Waals surface area contributed by atoms with Crippen molar-refractivity contribution in [1.29, 1.82) is 0 Å². The van der Waals surface area contributed by atoms with Crippen LogP contribution >= 0.6 is 0 Å². The predicted octanol–water partition coefficient (Wildman–Crippen LogP) is 1.14. The van der Waals surface area contributed by atoms with E-state index in [4.69, 9.17) is 0 Å². The molecule has 0 atom stereocenters. The number of fused-ring (bicyclic) bond motifs is 1. The van der Waals surface area contributed by atoms with Crippen molar-refractivity contribution in [1.82, 2.24) is 4.98 Å². The van der Waals surface area contributed by atoms with Crippen molar-refractivity contribution in [3.05, 3.63) is 36.5 Å². The number of aromatic nitrogens is 1. The summed E-state index contributed by atoms with van der Waals surface area (Å²) in [5, 5.41) is 1.28. The lowest BCUT2D eigenvalue weighted by Crippen LogP contribution is -1.61. The Labute approximate surface area is 66.4 Å². The van der Waals surface area contributed by atoms with Gasteiger partial charge in [0.25, 0.3) is 0 Å². The van der Waals surface area contributed by atoms with Gasteiger partial charge in [0.2, 0.25) is 0 Å². The van der Waals surface area contributed by atoms with E-state index >= 15 is 0 Å². The zero-order valence-corrected chi connectivity index (χ0v) is 5.37. The summed E-state index contributed by atoms with van der Waals surface area (Å²) in [5.74, 6) is 0. The van der Waals surface area contributed by atoms with Crippen LogP contribution in [0.15, 0.2) is 36.5 Å². The van der Waals surface area contributed by atoms with Crippen molar-refractivity contribution >= 4 is 19.3 Å². The maximum absolute atomic E-state index is 3.12. The van der Waals surface area contributed by atoms with Crippen molar-refractivity contribution in [2.45, 2.75) is 0 Å². The van der Waals surface area contributed by atoms with Gasteiger partial charge in [0.05, 0.1) is 8.41 Å². The molecule has 0 fully saturated rings. The van der Waals surface area contributed by atoms with Gasteiger partial charge in [-0.2, -0.15) is 0 Å². The topological polar surface area (TPSA) is 15.8 Å². The summed E-state index contributed by atoms with van der Waals surface area (Å²) in [4.78, 5) is 3.12. The molecule has 0 saturated heterocycles. The molecular formula is C8H11BFN. The van der Waals surface area contributed by atoms with Crippen molar-refractivity contribution in [3.8, 4) is 0 Å². The Morgan fingerprint density at radius 1 is 1.00 bits per heavy atom. The molecule has 3 heteroatoms. The average molecular weight is 151 g/mol. The van der Waals surface area contributed by atoms with Crippen LogP contribution in [0.2, 0.25) is 0 Å². The zero-order chi connectivity index (χ0) is 6.10. The minimum atomic E-state index is 0. The van der Waals surface area contributed by atoms with Gasteiger partial charge in [-0.25, -0.2) is 0 Å². The van der Waals surface area contributed by atoms with Crippen LogP contribution in [0.3, 0.4) is 0 Å². The number of hydrogen-bond donors (Lipinski definition) is 1. The van der Waals surface area contributed by atoms with Crippen LogP contribution in [0.25, 0.3) is 10.9 Å². The highest BCUT2D eigenvalue weighted by molar-refractivity contribution is 5.78. The molecular weight excluding hydrogens is 140 g/mol. The summed E-state index contributed by atoms with van der Waals surface area (Å²) in [6.07, 6.45) is 1.95. The molecule has 0 amide bonds. The Balaban J connectivity index is 0.000000500. The van der Waals surface area contributed by atoms with Gasteiger partial charge >= 0.3 is 0 Å². The molecule has 1 aromatic carbocycles. The molecule has 0 saturated carbocycles. The molecule has 1 nitrogen and oxygen atoms in total. The largest absolute Gasteiger partial charge is 0.361 e. The highest BCUT2D eigenvalue weighted by atomic mass is 19.0. The van der Waals surface area contributed by atoms with Crippen LogP contribution in [0.4, 0.5) is 4.70 Å². The van der Waals surface area contributed by atoms with E-state index in [0.717, 1.165) is 0 Å². The van der Waals surface area contributed by atoms with E-state index in [1.807, 2.05) is 18.3 Å². The highest BCUT2D eigenvalue weighted by Gasteiger charge is 1.86. The monoisotopic (exact) mass is 151 g/mol. The van der Waals surface area contributed by atoms with Gasteiger partial charge in [-0.1, -0.05) is 18.2 Å². The smallest absolute Gasteiger partial charge is 0.0814 e. The zero-order valence-electron chi connectivity index (χ0n) is 5.37. The molecule has 0 aliphatic carbocycles. The molecule has 0 spiro atoms. The lowest BCUT2D eigenvalue weighted by atomic mass is 10.3. The summed E-state index contributed by atoms with van der Waals surface area (Å²) in [6, 6.07) is 10.3. The fourth-order valence-corrected chi connectivity index (χ4v) is 0.995. The molecule has 1 aromatic heterocycles. The van der Waals surface area contributed by atoms with E-state index in [-0.39, 0.29) is 13.1 Å². The Morgan fingerprint density at radius 2 is 1.73 bits per heavy atom. The number of nitrogens with one attached hydrogen (secondary N) is 1. The minimum absolute atomic E-state index is 0. The number of hydrogen-bond acceptors (Lipinski definition) is 0. The van der Waals surface area contributed by atoms with Crippen LogP contribution in [-0.4, -0.2) is 13.4 Å². The summed E-state index contributed by atoms with van der Waals surface area (Å²) in [5.41, 5.74) is 1.21. The van der Waals surface area contributed by atoms with E-state index in [2.05, 4.69) is 23.2 Å². The van der Waals surface area contributed by atoms with Gasteiger partial charge in [0, 0.05) is 11.7 Å². The average Bonchev–Trinajstić information content (AvgIpc) is 2.33. The third-order valence-corrected chi connectivity index (χ3v) is 1.46. The van der Waals surface area contributed by atoms with Crippen molar-refractivity contribution in [2.24, 2.45) is 0 Å². The molecule has 1 heterocycles. The number of halogens is 1. The summed E-state index contributed by atoms with van der Waals surface area (Å²) in [6.45, 7) is 0. The third kappa shape index (κ3) is 1.61. The first-order chi connectivity index (χ1) is 4.47. The molecule has 0 unspecified atom stereocenters. The maximum atomic E-state index is 3.12. The second-order valence-corrected chi connectivity index (χ2v) is 2.06. The highest BCUT2D eigenvalue weighted by Crippen LogP contribution is 2.09. The normalized spacial score (nSPS) is 8.36. The number of benzene rings is 1. The van der Waals surface area contributed by atoms with Gasteiger partial charge in [0.15, 0.2) is 0 Å². The van der Waals surface area contributed by atoms with Crippen LogP contribution in [-0.2, 0) is 0 Å². The summed E-state index contributed by atoms with van der Waals surface area (Å²) in [7, 11) is 0. The quantitative estimate of drug-likeness (QED) is 0.543. The van der Waals surface area contributed by atoms with E-state index < -0.39 is 0 Å². The van der Waals surface area contributed by atoms with Gasteiger partial charge < -0.3 is 4.98 Å². The van der Waals surface area contributed by atoms with Gasteiger partial charge in [-0.15, -0.1) is 0 Å². The first-order valence-electron chi connectivity index (χ1n) is 2.99. The molecule has 0 aliphatic heterocycles. The number of rotatable bonds is 0. The predicted molar refractivity (Wildman–Crippen MR) is 50.7 cm³/mol. The first-order valence-corrected chi connectivity index (χ1v) is 2.99. The first kappa shape index (κ1) is 9.75. The molecule has 58 valence electrons. The Bertz CT molecular complexity index is 288. The molecule has 0 radical (unpaired) electrons. The van der Waals surface area contributed by atoms with Crippen LogP contribution in [0.5, 0.6) is 0 Å². The lowest BCUT2D eigenvalue weighted by Gasteiger charge is -1.83. The molecule has 1 N–H and O–H groups in total. The van der Waals surface area contributed by atoms with E-state index in [1.54, 1.807) is 0 Å². The van der Waals surface area contributed by atoms with E-state index in [9.17, 15) is 0 Å². The van der Waals surface area contributed by atoms with Crippen LogP contribution < -0.4 is 0 Å². The second-order valence-electron chi connectivity index (χ2n) is 2.06. The van der Waals surface area contributed by atoms with Crippen molar-refractivity contribution < 1.29 is 4.70 Å². The fraction of sp³-hybridized carbons (Fsp3) is 0. The van der Waals surface area contributed by atoms with Crippen molar-refractivity contribution in [2.75, 3.05) is 0 Å². The second kappa shape index (κ2) is 3.81. The molecule has 0 bridgehead atoms. The van der Waals surface area contributed by atoms with E-state index in [0.29, 0.717) is 0 Å². The van der Waals surface area contributed by atoms with Gasteiger partial charge in [-0.3, -0.25) is 4.70 Å². The Morgan fingerprint density at radius 3 is 2.45 bits per heavy atom. The van der Waals surface area contributed by atoms with Crippen LogP contribution in [0, 0.1) is 0 Å². The van der Waals surface area contributed by atoms with Crippen LogP contribution in [0.1, 0.15) is 0 Å². The molecule has 2 aromatic rings. The number of para-hydroxylation sites is 1. The standard InChI is InChI=1S/C8H7N.BH3.FH/c1-2-4-8-7(3-1)5-6-9-8;;/h1-6,9H;1H3;1H. The molecule has 11 heavy (non-hydrogen) atoms. The number of H-pyrrole nitrogens is 1. The van der Waals surface area contributed by atoms with E-state index in [1.165, 1.54) is 10.9 Å².